The third-order valence-electron chi connectivity index (χ3n) is 8.32. The minimum Gasteiger partial charge on any atom is -0.357 e. The number of fused-ring (bicyclic) bond motifs is 1. The zero-order chi connectivity index (χ0) is 33.2. The number of likely N-dealkylation sites (N-methyl/N-ethyl adjacent to an activating group) is 1. The summed E-state index contributed by atoms with van der Waals surface area (Å²) >= 11 is 0. The Bertz CT molecular complexity index is 1810. The summed E-state index contributed by atoms with van der Waals surface area (Å²) in [6, 6.07) is 17.1. The molecule has 6 rings (SSSR count). The number of hydrogen-bond acceptors (Lipinski definition) is 8. The number of nitrogens with zero attached hydrogens (tertiary/aromatic N) is 3. The molecule has 11 nitrogen and oxygen atoms in total. The first-order valence-electron chi connectivity index (χ1n) is 15.8. The fraction of sp³-hybridized carbons (Fsp3) is 0.333. The van der Waals surface area contributed by atoms with Gasteiger partial charge >= 0.3 is 0 Å². The smallest absolute Gasteiger partial charge is 0.256 e. The number of nitrogens with one attached hydrogen (secondary N) is 4. The molecule has 0 radical (unpaired) electrons. The number of carbonyl (C=O) groups is 4. The number of pyridine rings is 2. The van der Waals surface area contributed by atoms with Crippen LogP contribution in [0.4, 0.5) is 5.82 Å². The van der Waals surface area contributed by atoms with Crippen molar-refractivity contribution in [2.75, 3.05) is 26.0 Å². The minimum atomic E-state index is -0.209. The van der Waals surface area contributed by atoms with Gasteiger partial charge in [-0.3, -0.25) is 29.4 Å². The van der Waals surface area contributed by atoms with Crippen LogP contribution in [0.15, 0.2) is 60.8 Å². The number of rotatable bonds is 8. The highest BCUT2D eigenvalue weighted by Crippen LogP contribution is 2.32. The number of amides is 3. The molecule has 242 valence electrons. The van der Waals surface area contributed by atoms with Gasteiger partial charge in [-0.15, -0.1) is 0 Å². The number of aromatic nitrogens is 3. The fourth-order valence-electron chi connectivity index (χ4n) is 5.70. The van der Waals surface area contributed by atoms with Gasteiger partial charge in [-0.25, -0.2) is 9.97 Å². The molecule has 2 fully saturated rings. The number of aldehydes is 1. The van der Waals surface area contributed by atoms with Crippen molar-refractivity contribution < 1.29 is 19.2 Å². The second-order valence-electron chi connectivity index (χ2n) is 11.7. The van der Waals surface area contributed by atoms with Crippen LogP contribution in [0.2, 0.25) is 0 Å². The van der Waals surface area contributed by atoms with Crippen LogP contribution in [-0.2, 0) is 16.0 Å². The molecule has 2 saturated heterocycles. The van der Waals surface area contributed by atoms with E-state index in [0.29, 0.717) is 41.7 Å². The molecule has 0 aliphatic carbocycles. The van der Waals surface area contributed by atoms with Gasteiger partial charge in [-0.1, -0.05) is 24.1 Å². The highest BCUT2D eigenvalue weighted by atomic mass is 16.2. The molecule has 2 atom stereocenters. The highest BCUT2D eigenvalue weighted by molar-refractivity contribution is 6.04. The van der Waals surface area contributed by atoms with E-state index in [1.54, 1.807) is 31.4 Å². The lowest BCUT2D eigenvalue weighted by molar-refractivity contribution is -0.134. The second-order valence-corrected chi connectivity index (χ2v) is 11.7. The Morgan fingerprint density at radius 2 is 1.96 bits per heavy atom. The first-order valence-corrected chi connectivity index (χ1v) is 15.8. The molecule has 2 aliphatic heterocycles. The van der Waals surface area contributed by atoms with Gasteiger partial charge in [-0.2, -0.15) is 0 Å². The van der Waals surface area contributed by atoms with Gasteiger partial charge in [0.1, 0.15) is 17.2 Å². The zero-order valence-corrected chi connectivity index (χ0v) is 26.6. The molecule has 0 saturated carbocycles. The quantitative estimate of drug-likeness (QED) is 0.0978. The summed E-state index contributed by atoms with van der Waals surface area (Å²) in [4.78, 5) is 59.5. The summed E-state index contributed by atoms with van der Waals surface area (Å²) in [5.74, 6) is 6.07. The molecule has 0 bridgehead atoms. The van der Waals surface area contributed by atoms with E-state index < -0.39 is 0 Å². The van der Waals surface area contributed by atoms with Crippen LogP contribution in [0.25, 0.3) is 10.9 Å². The summed E-state index contributed by atoms with van der Waals surface area (Å²) in [7, 11) is 3.86. The maximum absolute atomic E-state index is 12.8. The topological polar surface area (TPSA) is 149 Å². The number of likely N-dealkylation sites (tertiary alicyclic amines) is 1. The van der Waals surface area contributed by atoms with E-state index in [1.807, 2.05) is 30.3 Å². The molecule has 0 spiro atoms. The van der Waals surface area contributed by atoms with Crippen molar-refractivity contribution in [2.45, 2.75) is 57.0 Å². The fourth-order valence-corrected chi connectivity index (χ4v) is 5.70. The molecule has 2 aliphatic rings. The van der Waals surface area contributed by atoms with Crippen molar-refractivity contribution in [3.63, 3.8) is 0 Å². The van der Waals surface area contributed by atoms with Crippen molar-refractivity contribution in [1.82, 2.24) is 30.5 Å². The Hall–Kier alpha value is -5.18. The van der Waals surface area contributed by atoms with E-state index in [4.69, 9.17) is 0 Å². The van der Waals surface area contributed by atoms with Crippen LogP contribution < -0.4 is 16.0 Å². The van der Waals surface area contributed by atoms with E-state index >= 15 is 0 Å². The number of benzene rings is 1. The lowest BCUT2D eigenvalue weighted by Gasteiger charge is -2.19. The molecule has 47 heavy (non-hydrogen) atoms. The molecule has 3 aromatic heterocycles. The number of carbonyl (C=O) groups excluding carboxylic acids is 4. The number of piperidine rings is 1. The Morgan fingerprint density at radius 3 is 2.68 bits per heavy atom. The van der Waals surface area contributed by atoms with Gasteiger partial charge < -0.3 is 15.6 Å². The number of aromatic amines is 1. The van der Waals surface area contributed by atoms with Gasteiger partial charge in [0.15, 0.2) is 6.29 Å². The summed E-state index contributed by atoms with van der Waals surface area (Å²) in [5, 5.41) is 9.01. The minimum absolute atomic E-state index is 0.170. The Morgan fingerprint density at radius 1 is 1.13 bits per heavy atom. The maximum Gasteiger partial charge on any atom is 0.256 e. The van der Waals surface area contributed by atoms with E-state index in [1.165, 1.54) is 12.1 Å². The zero-order valence-electron chi connectivity index (χ0n) is 26.6. The second kappa shape index (κ2) is 15.9. The van der Waals surface area contributed by atoms with E-state index in [9.17, 15) is 19.2 Å². The standard InChI is InChI=1S/C30H29N5O2.C6H10N2O2/c1-35-16-6-11-28(35)27-17-23-19-31-29(18-26(23)33-27)34-30(37)22-14-12-21(13-15-22)7-3-2-4-8-24-9-5-10-25(20-36)32-24;1-7-4-2-3-5(9)8-6(4)10/h5,9-10,12-15,17-20,28,33H,2-3,6-7,11,16H2,1H3,(H,31,34,37);4,7H,2-3H2,1H3,(H,8,9,10). The molecular weight excluding hydrogens is 594 g/mol. The SMILES string of the molecule is CN1CCCC1c1cc2cnc(NC(=O)c3ccc(CCCC#Cc4cccc(C=O)n4)cc3)cc2[nH]1.CNC1CCC(=O)NC1=O. The van der Waals surface area contributed by atoms with Gasteiger partial charge in [0, 0.05) is 47.8 Å². The molecule has 5 heterocycles. The van der Waals surface area contributed by atoms with Crippen molar-refractivity contribution in [3.05, 3.63) is 89.0 Å². The Kier molecular flexibility index (Phi) is 11.2. The Labute approximate surface area is 273 Å². The van der Waals surface area contributed by atoms with E-state index in [0.717, 1.165) is 55.0 Å². The third kappa shape index (κ3) is 8.97. The lowest BCUT2D eigenvalue weighted by Crippen LogP contribution is -2.49. The van der Waals surface area contributed by atoms with Gasteiger partial charge in [-0.05, 0) is 94.6 Å². The number of anilines is 1. The average molecular weight is 634 g/mol. The Balaban J connectivity index is 0.000000371. The molecular formula is C36H39N7O4. The van der Waals surface area contributed by atoms with Crippen LogP contribution in [0, 0.1) is 11.8 Å². The summed E-state index contributed by atoms with van der Waals surface area (Å²) < 4.78 is 0. The number of aryl methyl sites for hydroxylation is 1. The van der Waals surface area contributed by atoms with Crippen molar-refractivity contribution >= 4 is 40.7 Å². The number of hydrogen-bond donors (Lipinski definition) is 4. The summed E-state index contributed by atoms with van der Waals surface area (Å²) in [6.45, 7) is 1.11. The summed E-state index contributed by atoms with van der Waals surface area (Å²) in [5.41, 5.74) is 4.91. The lowest BCUT2D eigenvalue weighted by atomic mass is 10.1. The van der Waals surface area contributed by atoms with E-state index in [2.05, 4.69) is 60.8 Å². The van der Waals surface area contributed by atoms with E-state index in [-0.39, 0.29) is 23.8 Å². The highest BCUT2D eigenvalue weighted by Gasteiger charge is 2.25. The predicted octanol–water partition coefficient (Wildman–Crippen LogP) is 4.17. The molecule has 3 amide bonds. The van der Waals surface area contributed by atoms with Crippen molar-refractivity contribution in [1.29, 1.82) is 0 Å². The number of H-pyrrole nitrogens is 1. The third-order valence-corrected chi connectivity index (χ3v) is 8.32. The largest absolute Gasteiger partial charge is 0.357 e. The molecule has 2 unspecified atom stereocenters. The van der Waals surface area contributed by atoms with Crippen LogP contribution in [0.3, 0.4) is 0 Å². The molecule has 4 aromatic rings. The molecule has 1 aromatic carbocycles. The van der Waals surface area contributed by atoms with Crippen LogP contribution in [0.1, 0.15) is 82.4 Å². The van der Waals surface area contributed by atoms with Crippen molar-refractivity contribution in [3.8, 4) is 11.8 Å². The van der Waals surface area contributed by atoms with Crippen LogP contribution in [-0.4, -0.2) is 70.5 Å². The molecule has 4 N–H and O–H groups in total. The molecule has 11 heteroatoms. The number of imide groups is 1. The predicted molar refractivity (Wildman–Crippen MR) is 180 cm³/mol. The van der Waals surface area contributed by atoms with Gasteiger partial charge in [0.2, 0.25) is 11.8 Å². The number of unbranched alkanes of at least 4 members (excludes halogenated alkanes) is 1. The first kappa shape index (κ1) is 33.2. The van der Waals surface area contributed by atoms with Crippen LogP contribution in [0.5, 0.6) is 0 Å². The van der Waals surface area contributed by atoms with Gasteiger partial charge in [0.25, 0.3) is 5.91 Å². The first-order chi connectivity index (χ1) is 22.8. The van der Waals surface area contributed by atoms with Gasteiger partial charge in [0.05, 0.1) is 11.6 Å². The normalized spacial score (nSPS) is 17.7. The van der Waals surface area contributed by atoms with Crippen molar-refractivity contribution in [2.24, 2.45) is 0 Å². The average Bonchev–Trinajstić information content (AvgIpc) is 3.70. The summed E-state index contributed by atoms with van der Waals surface area (Å²) in [6.07, 6.45) is 8.42. The van der Waals surface area contributed by atoms with Crippen LogP contribution >= 0.6 is 0 Å². The monoisotopic (exact) mass is 633 g/mol. The maximum atomic E-state index is 12.8.